The Hall–Kier alpha value is -3.63. The average Bonchev–Trinajstić information content (AvgIpc) is 3.71. The minimum absolute atomic E-state index is 0.0768. The Kier molecular flexibility index (Phi) is 6.66. The lowest BCUT2D eigenvalue weighted by Crippen LogP contribution is -2.50. The van der Waals surface area contributed by atoms with E-state index in [2.05, 4.69) is 35.1 Å². The number of likely N-dealkylation sites (tertiary alicyclic amines) is 1. The number of pyridine rings is 1. The number of fused-ring (bicyclic) bond motifs is 4. The maximum absolute atomic E-state index is 13.7. The Balaban J connectivity index is 1.28. The highest BCUT2D eigenvalue weighted by Gasteiger charge is 2.44. The van der Waals surface area contributed by atoms with E-state index in [1.54, 1.807) is 4.90 Å². The van der Waals surface area contributed by atoms with Crippen molar-refractivity contribution >= 4 is 23.2 Å². The molecule has 10 nitrogen and oxygen atoms in total. The summed E-state index contributed by atoms with van der Waals surface area (Å²) >= 11 is 0. The van der Waals surface area contributed by atoms with Crippen LogP contribution in [0.2, 0.25) is 0 Å². The molecule has 3 fully saturated rings. The van der Waals surface area contributed by atoms with Crippen LogP contribution in [-0.4, -0.2) is 94.0 Å². The first-order valence-electron chi connectivity index (χ1n) is 15.0. The summed E-state index contributed by atoms with van der Waals surface area (Å²) in [6.07, 6.45) is 5.34. The summed E-state index contributed by atoms with van der Waals surface area (Å²) in [5.74, 6) is 0. The van der Waals surface area contributed by atoms with Gasteiger partial charge in [0, 0.05) is 49.5 Å². The standard InChI is InChI=1S/C32H39N5O5/c1-19-13-33-29-25(19)11-22(14-34-29)21-9-20-5-6-35(30(38)37-15-24-12-23(37)17-41-24)16-27(20)26(10-21)28-18-40-8-7-36(28)31(39)42-32(2,3)4/h9-11,13-14,23-24,28H,5-8,12,15-18H2,1-4H3,(H,33,34)/t23-,24-,28?/m0/s1. The second-order valence-corrected chi connectivity index (χ2v) is 13.0. The van der Waals surface area contributed by atoms with Crippen LogP contribution in [0.3, 0.4) is 0 Å². The van der Waals surface area contributed by atoms with Gasteiger partial charge < -0.3 is 29.0 Å². The van der Waals surface area contributed by atoms with E-state index in [1.165, 1.54) is 5.56 Å². The molecule has 0 aliphatic carbocycles. The van der Waals surface area contributed by atoms with Gasteiger partial charge in [-0.25, -0.2) is 14.6 Å². The van der Waals surface area contributed by atoms with Gasteiger partial charge >= 0.3 is 12.1 Å². The van der Waals surface area contributed by atoms with Crippen molar-refractivity contribution in [2.45, 2.75) is 70.9 Å². The Bertz CT molecular complexity index is 1540. The molecule has 1 aromatic carbocycles. The number of ether oxygens (including phenoxy) is 3. The first-order valence-corrected chi connectivity index (χ1v) is 15.0. The number of hydrogen-bond acceptors (Lipinski definition) is 6. The van der Waals surface area contributed by atoms with Crippen molar-refractivity contribution in [3.8, 4) is 11.1 Å². The van der Waals surface area contributed by atoms with Crippen molar-refractivity contribution in [2.24, 2.45) is 0 Å². The predicted octanol–water partition coefficient (Wildman–Crippen LogP) is 4.80. The van der Waals surface area contributed by atoms with Crippen LogP contribution in [0.15, 0.2) is 30.6 Å². The molecule has 4 aliphatic heterocycles. The first kappa shape index (κ1) is 27.2. The van der Waals surface area contributed by atoms with E-state index in [0.29, 0.717) is 46.0 Å². The van der Waals surface area contributed by atoms with E-state index in [1.807, 2.05) is 43.0 Å². The Morgan fingerprint density at radius 1 is 1.10 bits per heavy atom. The number of carbonyl (C=O) groups is 2. The molecular formula is C32H39N5O5. The fraction of sp³-hybridized carbons (Fsp3) is 0.531. The molecule has 3 atom stereocenters. The van der Waals surface area contributed by atoms with Crippen molar-refractivity contribution in [3.05, 3.63) is 52.8 Å². The Labute approximate surface area is 245 Å². The molecule has 1 N–H and O–H groups in total. The normalized spacial score (nSPS) is 23.9. The first-order chi connectivity index (χ1) is 20.1. The SMILES string of the molecule is Cc1c[nH]c2ncc(-c3cc4c(c(C5COCCN5C(=O)OC(C)(C)C)c3)CN(C(=O)N3C[C@@H]5C[C@H]3CO5)CC4)cc12. The molecule has 0 radical (unpaired) electrons. The topological polar surface area (TPSA) is 100 Å². The number of carbonyl (C=O) groups excluding carboxylic acids is 2. The lowest BCUT2D eigenvalue weighted by molar-refractivity contribution is -0.0334. The third kappa shape index (κ3) is 4.90. The van der Waals surface area contributed by atoms with Gasteiger partial charge in [-0.05, 0) is 80.5 Å². The van der Waals surface area contributed by atoms with Crippen molar-refractivity contribution in [1.29, 1.82) is 0 Å². The molecule has 3 saturated heterocycles. The summed E-state index contributed by atoms with van der Waals surface area (Å²) in [6, 6.07) is 6.48. The highest BCUT2D eigenvalue weighted by molar-refractivity contribution is 5.85. The van der Waals surface area contributed by atoms with Crippen molar-refractivity contribution in [3.63, 3.8) is 0 Å². The minimum Gasteiger partial charge on any atom is -0.444 e. The molecular weight excluding hydrogens is 534 g/mol. The fourth-order valence-electron chi connectivity index (χ4n) is 6.83. The zero-order valence-corrected chi connectivity index (χ0v) is 24.8. The predicted molar refractivity (Wildman–Crippen MR) is 157 cm³/mol. The van der Waals surface area contributed by atoms with Gasteiger partial charge in [0.2, 0.25) is 0 Å². The van der Waals surface area contributed by atoms with E-state index in [0.717, 1.165) is 51.7 Å². The van der Waals surface area contributed by atoms with Crippen LogP contribution in [0, 0.1) is 6.92 Å². The molecule has 1 unspecified atom stereocenters. The molecule has 7 rings (SSSR count). The number of hydrogen-bond donors (Lipinski definition) is 1. The average molecular weight is 574 g/mol. The monoisotopic (exact) mass is 573 g/mol. The summed E-state index contributed by atoms with van der Waals surface area (Å²) in [4.78, 5) is 40.8. The molecule has 0 spiro atoms. The molecule has 3 aromatic rings. The highest BCUT2D eigenvalue weighted by atomic mass is 16.6. The number of aromatic nitrogens is 2. The van der Waals surface area contributed by atoms with Gasteiger partial charge in [0.25, 0.3) is 0 Å². The van der Waals surface area contributed by atoms with Gasteiger partial charge in [-0.2, -0.15) is 0 Å². The highest BCUT2D eigenvalue weighted by Crippen LogP contribution is 2.38. The molecule has 0 saturated carbocycles. The lowest BCUT2D eigenvalue weighted by atomic mass is 9.87. The van der Waals surface area contributed by atoms with Gasteiger partial charge in [-0.15, -0.1) is 0 Å². The second-order valence-electron chi connectivity index (χ2n) is 13.0. The van der Waals surface area contributed by atoms with E-state index < -0.39 is 5.60 Å². The summed E-state index contributed by atoms with van der Waals surface area (Å²) in [5.41, 5.74) is 6.74. The van der Waals surface area contributed by atoms with E-state index >= 15 is 0 Å². The van der Waals surface area contributed by atoms with E-state index in [-0.39, 0.29) is 30.3 Å². The van der Waals surface area contributed by atoms with Gasteiger partial charge in [0.1, 0.15) is 11.2 Å². The Morgan fingerprint density at radius 3 is 2.71 bits per heavy atom. The van der Waals surface area contributed by atoms with Crippen LogP contribution in [0.1, 0.15) is 55.5 Å². The number of H-pyrrole nitrogens is 1. The molecule has 3 amide bonds. The molecule has 2 aromatic heterocycles. The third-order valence-electron chi connectivity index (χ3n) is 8.98. The molecule has 42 heavy (non-hydrogen) atoms. The number of aryl methyl sites for hydroxylation is 1. The summed E-state index contributed by atoms with van der Waals surface area (Å²) in [6.45, 7) is 11.4. The van der Waals surface area contributed by atoms with Crippen molar-refractivity contribution < 1.29 is 23.8 Å². The Morgan fingerprint density at radius 2 is 1.95 bits per heavy atom. The van der Waals surface area contributed by atoms with Crippen LogP contribution < -0.4 is 0 Å². The fourth-order valence-corrected chi connectivity index (χ4v) is 6.83. The van der Waals surface area contributed by atoms with Crippen LogP contribution in [0.25, 0.3) is 22.2 Å². The van der Waals surface area contributed by atoms with Crippen molar-refractivity contribution in [2.75, 3.05) is 39.5 Å². The number of benzene rings is 1. The maximum atomic E-state index is 13.7. The number of urea groups is 1. The van der Waals surface area contributed by atoms with Crippen LogP contribution in [-0.2, 0) is 27.2 Å². The number of nitrogens with one attached hydrogen (secondary N) is 1. The number of nitrogens with zero attached hydrogens (tertiary/aromatic N) is 4. The molecule has 222 valence electrons. The summed E-state index contributed by atoms with van der Waals surface area (Å²) in [5, 5.41) is 1.09. The molecule has 2 bridgehead atoms. The zero-order chi connectivity index (χ0) is 29.2. The number of amides is 3. The van der Waals surface area contributed by atoms with Gasteiger partial charge in [-0.1, -0.05) is 6.07 Å². The molecule has 4 aliphatic rings. The third-order valence-corrected chi connectivity index (χ3v) is 8.98. The largest absolute Gasteiger partial charge is 0.444 e. The van der Waals surface area contributed by atoms with Crippen LogP contribution in [0.5, 0.6) is 0 Å². The van der Waals surface area contributed by atoms with E-state index in [9.17, 15) is 9.59 Å². The summed E-state index contributed by atoms with van der Waals surface area (Å²) < 4.78 is 17.5. The molecule has 10 heteroatoms. The van der Waals surface area contributed by atoms with E-state index in [4.69, 9.17) is 14.2 Å². The maximum Gasteiger partial charge on any atom is 0.410 e. The van der Waals surface area contributed by atoms with Crippen LogP contribution >= 0.6 is 0 Å². The molecule has 6 heterocycles. The van der Waals surface area contributed by atoms with Gasteiger partial charge in [-0.3, -0.25) is 4.90 Å². The number of morpholine rings is 2. The number of aromatic amines is 1. The summed E-state index contributed by atoms with van der Waals surface area (Å²) in [7, 11) is 0. The van der Waals surface area contributed by atoms with Gasteiger partial charge in [0.15, 0.2) is 0 Å². The van der Waals surface area contributed by atoms with Gasteiger partial charge in [0.05, 0.1) is 38.0 Å². The quantitative estimate of drug-likeness (QED) is 0.473. The lowest BCUT2D eigenvalue weighted by Gasteiger charge is -2.40. The zero-order valence-electron chi connectivity index (χ0n) is 24.8. The minimum atomic E-state index is -0.612. The smallest absolute Gasteiger partial charge is 0.410 e. The second kappa shape index (κ2) is 10.3. The number of rotatable bonds is 2. The van der Waals surface area contributed by atoms with Crippen LogP contribution in [0.4, 0.5) is 9.59 Å². The van der Waals surface area contributed by atoms with Crippen molar-refractivity contribution in [1.82, 2.24) is 24.7 Å².